The van der Waals surface area contributed by atoms with Gasteiger partial charge in [-0.2, -0.15) is 4.31 Å². The Balaban J connectivity index is 1.60. The first kappa shape index (κ1) is 22.7. The number of carbonyl (C=O) groups excluding carboxylic acids is 2. The Hall–Kier alpha value is -1.93. The number of benzene rings is 1. The summed E-state index contributed by atoms with van der Waals surface area (Å²) in [6, 6.07) is 3.95. The topological polar surface area (TPSA) is 86.8 Å². The van der Waals surface area contributed by atoms with Crippen molar-refractivity contribution in [1.29, 1.82) is 0 Å². The predicted molar refractivity (Wildman–Crippen MR) is 116 cm³/mol. The molecule has 2 amide bonds. The van der Waals surface area contributed by atoms with Gasteiger partial charge in [-0.15, -0.1) is 0 Å². The third-order valence-corrected chi connectivity index (χ3v) is 8.42. The molecule has 1 N–H and O–H groups in total. The maximum absolute atomic E-state index is 13.2. The number of carbonyl (C=O) groups is 2. The van der Waals surface area contributed by atoms with Crippen LogP contribution in [-0.2, 0) is 19.6 Å². The number of amides is 2. The van der Waals surface area contributed by atoms with E-state index in [0.29, 0.717) is 43.9 Å². The molecular formula is C22H33N3O4S. The van der Waals surface area contributed by atoms with Crippen LogP contribution in [0.5, 0.6) is 0 Å². The largest absolute Gasteiger partial charge is 0.353 e. The average Bonchev–Trinajstić information content (AvgIpc) is 2.66. The van der Waals surface area contributed by atoms with E-state index < -0.39 is 10.0 Å². The second kappa shape index (κ2) is 9.06. The van der Waals surface area contributed by atoms with Gasteiger partial charge in [-0.3, -0.25) is 9.59 Å². The standard InChI is InChI=1S/C22H33N3O4S/c1-15-13-16(2)21(17(3)14-15)30(28,29)25-11-5-19(6-12-25)22(27)24-9-7-20(8-10-24)23-18(4)26/h13-14,19-20H,5-12H2,1-4H3,(H,23,26). The van der Waals surface area contributed by atoms with Crippen LogP contribution >= 0.6 is 0 Å². The highest BCUT2D eigenvalue weighted by atomic mass is 32.2. The molecule has 30 heavy (non-hydrogen) atoms. The monoisotopic (exact) mass is 435 g/mol. The predicted octanol–water partition coefficient (Wildman–Crippen LogP) is 2.14. The molecule has 0 aromatic heterocycles. The second-order valence-electron chi connectivity index (χ2n) is 8.71. The lowest BCUT2D eigenvalue weighted by atomic mass is 9.95. The molecule has 7 nitrogen and oxygen atoms in total. The van der Waals surface area contributed by atoms with Crippen molar-refractivity contribution in [3.63, 3.8) is 0 Å². The molecule has 1 aromatic rings. The second-order valence-corrected chi connectivity index (χ2v) is 10.6. The van der Waals surface area contributed by atoms with E-state index in [2.05, 4.69) is 5.32 Å². The summed E-state index contributed by atoms with van der Waals surface area (Å²) in [6.07, 6.45) is 2.64. The molecule has 2 heterocycles. The summed E-state index contributed by atoms with van der Waals surface area (Å²) in [5, 5.41) is 2.92. The van der Waals surface area contributed by atoms with Gasteiger partial charge in [0.05, 0.1) is 4.90 Å². The van der Waals surface area contributed by atoms with Crippen LogP contribution in [0, 0.1) is 26.7 Å². The quantitative estimate of drug-likeness (QED) is 0.785. The fraction of sp³-hybridized carbons (Fsp3) is 0.636. The Morgan fingerprint density at radius 1 is 0.933 bits per heavy atom. The Morgan fingerprint density at radius 2 is 1.47 bits per heavy atom. The van der Waals surface area contributed by atoms with Crippen molar-refractivity contribution in [2.75, 3.05) is 26.2 Å². The zero-order valence-corrected chi connectivity index (χ0v) is 19.2. The van der Waals surface area contributed by atoms with Gasteiger partial charge in [-0.1, -0.05) is 17.7 Å². The van der Waals surface area contributed by atoms with Crippen LogP contribution in [0.2, 0.25) is 0 Å². The molecule has 2 saturated heterocycles. The van der Waals surface area contributed by atoms with Crippen molar-refractivity contribution in [2.45, 2.75) is 64.3 Å². The summed E-state index contributed by atoms with van der Waals surface area (Å²) in [7, 11) is -3.56. The van der Waals surface area contributed by atoms with Crippen LogP contribution in [-0.4, -0.2) is 61.7 Å². The van der Waals surface area contributed by atoms with Crippen LogP contribution in [0.15, 0.2) is 17.0 Å². The first-order valence-corrected chi connectivity index (χ1v) is 12.2. The van der Waals surface area contributed by atoms with Gasteiger partial charge in [0.1, 0.15) is 0 Å². The van der Waals surface area contributed by atoms with Crippen molar-refractivity contribution in [3.05, 3.63) is 28.8 Å². The highest BCUT2D eigenvalue weighted by molar-refractivity contribution is 7.89. The summed E-state index contributed by atoms with van der Waals surface area (Å²) in [5.74, 6) is -0.0441. The van der Waals surface area contributed by atoms with Crippen molar-refractivity contribution >= 4 is 21.8 Å². The van der Waals surface area contributed by atoms with Crippen LogP contribution in [0.4, 0.5) is 0 Å². The summed E-state index contributed by atoms with van der Waals surface area (Å²) in [6.45, 7) is 9.18. The van der Waals surface area contributed by atoms with Crippen molar-refractivity contribution < 1.29 is 18.0 Å². The maximum atomic E-state index is 13.2. The zero-order chi connectivity index (χ0) is 22.1. The summed E-state index contributed by atoms with van der Waals surface area (Å²) < 4.78 is 28.0. The van der Waals surface area contributed by atoms with Gasteiger partial charge in [0.2, 0.25) is 21.8 Å². The SMILES string of the molecule is CC(=O)NC1CCN(C(=O)C2CCN(S(=O)(=O)c3c(C)cc(C)cc3C)CC2)CC1. The van der Waals surface area contributed by atoms with Gasteiger partial charge in [0.25, 0.3) is 0 Å². The molecule has 0 saturated carbocycles. The molecule has 0 radical (unpaired) electrons. The fourth-order valence-electron chi connectivity index (χ4n) is 4.84. The van der Waals surface area contributed by atoms with E-state index in [4.69, 9.17) is 0 Å². The minimum absolute atomic E-state index is 0.0348. The summed E-state index contributed by atoms with van der Waals surface area (Å²) >= 11 is 0. The van der Waals surface area contributed by atoms with Gasteiger partial charge < -0.3 is 10.2 Å². The summed E-state index contributed by atoms with van der Waals surface area (Å²) in [5.41, 5.74) is 2.59. The lowest BCUT2D eigenvalue weighted by Gasteiger charge is -2.37. The zero-order valence-electron chi connectivity index (χ0n) is 18.4. The normalized spacial score (nSPS) is 19.7. The van der Waals surface area contributed by atoms with Gasteiger partial charge in [0.15, 0.2) is 0 Å². The first-order chi connectivity index (χ1) is 14.1. The number of hydrogen-bond acceptors (Lipinski definition) is 4. The van der Waals surface area contributed by atoms with Crippen LogP contribution in [0.3, 0.4) is 0 Å². The Labute approximate surface area is 179 Å². The molecule has 2 aliphatic rings. The highest BCUT2D eigenvalue weighted by Crippen LogP contribution is 2.29. The average molecular weight is 436 g/mol. The van der Waals surface area contributed by atoms with Crippen molar-refractivity contribution in [2.24, 2.45) is 5.92 Å². The van der Waals surface area contributed by atoms with E-state index in [1.165, 1.54) is 11.2 Å². The maximum Gasteiger partial charge on any atom is 0.243 e. The minimum Gasteiger partial charge on any atom is -0.353 e. The number of sulfonamides is 1. The molecule has 2 fully saturated rings. The molecule has 1 aromatic carbocycles. The van der Waals surface area contributed by atoms with E-state index in [1.54, 1.807) is 0 Å². The molecular weight excluding hydrogens is 402 g/mol. The number of likely N-dealkylation sites (tertiary alicyclic amines) is 1. The van der Waals surface area contributed by atoms with E-state index in [-0.39, 0.29) is 23.8 Å². The van der Waals surface area contributed by atoms with Gasteiger partial charge in [-0.05, 0) is 57.6 Å². The van der Waals surface area contributed by atoms with Crippen LogP contribution in [0.1, 0.15) is 49.3 Å². The number of hydrogen-bond donors (Lipinski definition) is 1. The summed E-state index contributed by atoms with van der Waals surface area (Å²) in [4.78, 5) is 26.4. The number of piperidine rings is 2. The molecule has 0 unspecified atom stereocenters. The molecule has 0 aliphatic carbocycles. The third kappa shape index (κ3) is 4.86. The van der Waals surface area contributed by atoms with Crippen molar-refractivity contribution in [3.8, 4) is 0 Å². The lowest BCUT2D eigenvalue weighted by Crippen LogP contribution is -2.49. The van der Waals surface area contributed by atoms with Gasteiger partial charge >= 0.3 is 0 Å². The molecule has 8 heteroatoms. The van der Waals surface area contributed by atoms with Crippen molar-refractivity contribution in [1.82, 2.24) is 14.5 Å². The highest BCUT2D eigenvalue weighted by Gasteiger charge is 2.36. The number of nitrogens with one attached hydrogen (secondary N) is 1. The number of aryl methyl sites for hydroxylation is 3. The third-order valence-electron chi connectivity index (χ3n) is 6.22. The van der Waals surface area contributed by atoms with E-state index in [0.717, 1.165) is 29.5 Å². The van der Waals surface area contributed by atoms with Gasteiger partial charge in [0, 0.05) is 45.1 Å². The minimum atomic E-state index is -3.56. The fourth-order valence-corrected chi connectivity index (χ4v) is 6.72. The molecule has 0 bridgehead atoms. The first-order valence-electron chi connectivity index (χ1n) is 10.7. The lowest BCUT2D eigenvalue weighted by molar-refractivity contribution is -0.137. The molecule has 166 valence electrons. The van der Waals surface area contributed by atoms with Crippen LogP contribution in [0.25, 0.3) is 0 Å². The Morgan fingerprint density at radius 3 is 1.97 bits per heavy atom. The molecule has 3 rings (SSSR count). The Bertz CT molecular complexity index is 889. The smallest absolute Gasteiger partial charge is 0.243 e. The number of nitrogens with zero attached hydrogens (tertiary/aromatic N) is 2. The Kier molecular flexibility index (Phi) is 6.87. The van der Waals surface area contributed by atoms with E-state index >= 15 is 0 Å². The van der Waals surface area contributed by atoms with E-state index in [1.807, 2.05) is 37.8 Å². The molecule has 0 spiro atoms. The molecule has 2 aliphatic heterocycles. The van der Waals surface area contributed by atoms with Crippen LogP contribution < -0.4 is 5.32 Å². The number of rotatable bonds is 4. The molecule has 0 atom stereocenters. The van der Waals surface area contributed by atoms with E-state index in [9.17, 15) is 18.0 Å². The van der Waals surface area contributed by atoms with Gasteiger partial charge in [-0.25, -0.2) is 8.42 Å².